The predicted molar refractivity (Wildman–Crippen MR) is 118 cm³/mol. The number of anilines is 1. The first-order valence-corrected chi connectivity index (χ1v) is 11.3. The molecule has 0 fully saturated rings. The molecule has 0 unspecified atom stereocenters. The summed E-state index contributed by atoms with van der Waals surface area (Å²) in [5.41, 5.74) is 1.28. The molecule has 7 heteroatoms. The van der Waals surface area contributed by atoms with Gasteiger partial charge in [0.2, 0.25) is 15.9 Å². The van der Waals surface area contributed by atoms with Crippen LogP contribution in [-0.4, -0.2) is 39.1 Å². The molecule has 0 aliphatic carbocycles. The number of amides is 1. The van der Waals surface area contributed by atoms with Crippen LogP contribution in [0.25, 0.3) is 0 Å². The Labute approximate surface area is 177 Å². The summed E-state index contributed by atoms with van der Waals surface area (Å²) in [5.74, 6) is 0.609. The average Bonchev–Trinajstić information content (AvgIpc) is 2.73. The summed E-state index contributed by atoms with van der Waals surface area (Å²) >= 11 is 0. The second-order valence-corrected chi connectivity index (χ2v) is 8.79. The Balaban J connectivity index is 1.84. The molecule has 0 aromatic heterocycles. The summed E-state index contributed by atoms with van der Waals surface area (Å²) in [5, 5.41) is 0. The van der Waals surface area contributed by atoms with E-state index in [1.807, 2.05) is 48.5 Å². The van der Waals surface area contributed by atoms with E-state index >= 15 is 0 Å². The molecule has 0 aliphatic heterocycles. The molecule has 0 radical (unpaired) electrons. The Morgan fingerprint density at radius 1 is 0.867 bits per heavy atom. The van der Waals surface area contributed by atoms with Gasteiger partial charge in [0.05, 0.1) is 11.9 Å². The molecule has 0 aliphatic rings. The Hall–Kier alpha value is -3.32. The van der Waals surface area contributed by atoms with Gasteiger partial charge in [-0.25, -0.2) is 8.42 Å². The molecule has 0 heterocycles. The number of benzene rings is 3. The smallest absolute Gasteiger partial charge is 0.243 e. The van der Waals surface area contributed by atoms with Crippen molar-refractivity contribution in [3.05, 3.63) is 90.5 Å². The molecule has 0 N–H and O–H groups in total. The maximum absolute atomic E-state index is 12.8. The van der Waals surface area contributed by atoms with Gasteiger partial charge in [-0.1, -0.05) is 60.7 Å². The highest BCUT2D eigenvalue weighted by molar-refractivity contribution is 7.92. The minimum Gasteiger partial charge on any atom is -0.455 e. The Morgan fingerprint density at radius 3 is 2.07 bits per heavy atom. The fourth-order valence-electron chi connectivity index (χ4n) is 2.94. The molecule has 3 aromatic rings. The van der Waals surface area contributed by atoms with E-state index < -0.39 is 10.0 Å². The highest BCUT2D eigenvalue weighted by Gasteiger charge is 2.25. The molecule has 30 heavy (non-hydrogen) atoms. The van der Waals surface area contributed by atoms with E-state index in [4.69, 9.17) is 4.74 Å². The topological polar surface area (TPSA) is 66.9 Å². The maximum atomic E-state index is 12.8. The standard InChI is InChI=1S/C23H24N2O4S/c1-24(17-19-11-5-3-6-12-19)23(26)18-25(30(2,27)28)21-15-9-10-16-22(21)29-20-13-7-4-8-14-20/h3-16H,17-18H2,1-2H3. The molecule has 0 bridgehead atoms. The van der Waals surface area contributed by atoms with E-state index in [0.717, 1.165) is 16.1 Å². The number of likely N-dealkylation sites (N-methyl/N-ethyl adjacent to an activating group) is 1. The average molecular weight is 425 g/mol. The number of carbonyl (C=O) groups excluding carboxylic acids is 1. The largest absolute Gasteiger partial charge is 0.455 e. The van der Waals surface area contributed by atoms with Crippen molar-refractivity contribution in [3.8, 4) is 11.5 Å². The number of hydrogen-bond donors (Lipinski definition) is 0. The van der Waals surface area contributed by atoms with Crippen LogP contribution in [0.4, 0.5) is 5.69 Å². The quantitative estimate of drug-likeness (QED) is 0.550. The second-order valence-electron chi connectivity index (χ2n) is 6.89. The molecule has 6 nitrogen and oxygen atoms in total. The number of para-hydroxylation sites is 3. The molecule has 156 valence electrons. The van der Waals surface area contributed by atoms with Gasteiger partial charge in [-0.05, 0) is 29.8 Å². The van der Waals surface area contributed by atoms with Crippen LogP contribution in [0, 0.1) is 0 Å². The molecule has 3 rings (SSSR count). The van der Waals surface area contributed by atoms with E-state index in [1.54, 1.807) is 43.4 Å². The Kier molecular flexibility index (Phi) is 6.74. The minimum atomic E-state index is -3.73. The highest BCUT2D eigenvalue weighted by Crippen LogP contribution is 2.33. The van der Waals surface area contributed by atoms with Crippen LogP contribution in [0.3, 0.4) is 0 Å². The number of hydrogen-bond acceptors (Lipinski definition) is 4. The third-order valence-corrected chi connectivity index (χ3v) is 5.60. The van der Waals surface area contributed by atoms with Gasteiger partial charge >= 0.3 is 0 Å². The zero-order chi connectivity index (χ0) is 21.6. The Bertz CT molecular complexity index is 1090. The first kappa shape index (κ1) is 21.4. The molecular formula is C23H24N2O4S. The number of sulfonamides is 1. The van der Waals surface area contributed by atoms with Gasteiger partial charge in [0.1, 0.15) is 12.3 Å². The lowest BCUT2D eigenvalue weighted by Crippen LogP contribution is -2.41. The zero-order valence-electron chi connectivity index (χ0n) is 16.9. The summed E-state index contributed by atoms with van der Waals surface area (Å²) in [4.78, 5) is 14.3. The normalized spacial score (nSPS) is 11.0. The summed E-state index contributed by atoms with van der Waals surface area (Å²) in [6.07, 6.45) is 1.08. The van der Waals surface area contributed by atoms with Crippen molar-refractivity contribution in [1.82, 2.24) is 4.90 Å². The van der Waals surface area contributed by atoms with Gasteiger partial charge in [0.25, 0.3) is 0 Å². The van der Waals surface area contributed by atoms with Crippen molar-refractivity contribution < 1.29 is 17.9 Å². The summed E-state index contributed by atoms with van der Waals surface area (Å²) in [6.45, 7) is 0.0662. The van der Waals surface area contributed by atoms with E-state index in [2.05, 4.69) is 0 Å². The van der Waals surface area contributed by atoms with Crippen molar-refractivity contribution in [2.24, 2.45) is 0 Å². The first-order chi connectivity index (χ1) is 14.3. The molecular weight excluding hydrogens is 400 g/mol. The third kappa shape index (κ3) is 5.61. The fraction of sp³-hybridized carbons (Fsp3) is 0.174. The van der Waals surface area contributed by atoms with E-state index in [1.165, 1.54) is 4.90 Å². The van der Waals surface area contributed by atoms with E-state index in [9.17, 15) is 13.2 Å². The fourth-order valence-corrected chi connectivity index (χ4v) is 3.79. The summed E-state index contributed by atoms with van der Waals surface area (Å²) in [7, 11) is -2.07. The van der Waals surface area contributed by atoms with Crippen LogP contribution in [0.2, 0.25) is 0 Å². The van der Waals surface area contributed by atoms with Crippen molar-refractivity contribution in [1.29, 1.82) is 0 Å². The highest BCUT2D eigenvalue weighted by atomic mass is 32.2. The molecule has 0 saturated heterocycles. The number of rotatable bonds is 8. The van der Waals surface area contributed by atoms with Crippen LogP contribution in [0.15, 0.2) is 84.9 Å². The zero-order valence-corrected chi connectivity index (χ0v) is 17.7. The minimum absolute atomic E-state index is 0.310. The van der Waals surface area contributed by atoms with Gasteiger partial charge in [-0.15, -0.1) is 0 Å². The van der Waals surface area contributed by atoms with Crippen molar-refractivity contribution in [2.45, 2.75) is 6.54 Å². The SMILES string of the molecule is CN(Cc1ccccc1)C(=O)CN(c1ccccc1Oc1ccccc1)S(C)(=O)=O. The lowest BCUT2D eigenvalue weighted by atomic mass is 10.2. The van der Waals surface area contributed by atoms with Crippen molar-refractivity contribution in [2.75, 3.05) is 24.2 Å². The van der Waals surface area contributed by atoms with Crippen LogP contribution >= 0.6 is 0 Å². The van der Waals surface area contributed by atoms with Crippen LogP contribution in [0.5, 0.6) is 11.5 Å². The number of carbonyl (C=O) groups is 1. The van der Waals surface area contributed by atoms with Gasteiger partial charge in [-0.2, -0.15) is 0 Å². The van der Waals surface area contributed by atoms with Crippen LogP contribution in [-0.2, 0) is 21.4 Å². The molecule has 0 spiro atoms. The molecule has 3 aromatic carbocycles. The second kappa shape index (κ2) is 9.45. The lowest BCUT2D eigenvalue weighted by molar-refractivity contribution is -0.128. The Morgan fingerprint density at radius 2 is 1.43 bits per heavy atom. The predicted octanol–water partition coefficient (Wildman–Crippen LogP) is 3.90. The van der Waals surface area contributed by atoms with E-state index in [-0.39, 0.29) is 12.5 Å². The molecule has 0 saturated carbocycles. The third-order valence-electron chi connectivity index (χ3n) is 4.47. The van der Waals surface area contributed by atoms with Gasteiger partial charge < -0.3 is 9.64 Å². The monoisotopic (exact) mass is 424 g/mol. The maximum Gasteiger partial charge on any atom is 0.243 e. The van der Waals surface area contributed by atoms with Gasteiger partial charge in [0, 0.05) is 13.6 Å². The summed E-state index contributed by atoms with van der Waals surface area (Å²) < 4.78 is 32.1. The van der Waals surface area contributed by atoms with Crippen LogP contribution in [0.1, 0.15) is 5.56 Å². The van der Waals surface area contributed by atoms with E-state index in [0.29, 0.717) is 23.7 Å². The number of nitrogens with zero attached hydrogens (tertiary/aromatic N) is 2. The molecule has 1 amide bonds. The van der Waals surface area contributed by atoms with Gasteiger partial charge in [-0.3, -0.25) is 9.10 Å². The number of ether oxygens (including phenoxy) is 1. The van der Waals surface area contributed by atoms with Crippen molar-refractivity contribution in [3.63, 3.8) is 0 Å². The summed E-state index contributed by atoms with van der Waals surface area (Å²) in [6, 6.07) is 25.4. The lowest BCUT2D eigenvalue weighted by Gasteiger charge is -2.26. The van der Waals surface area contributed by atoms with Crippen LogP contribution < -0.4 is 9.04 Å². The first-order valence-electron chi connectivity index (χ1n) is 9.42. The van der Waals surface area contributed by atoms with Gasteiger partial charge in [0.15, 0.2) is 5.75 Å². The van der Waals surface area contributed by atoms with Crippen molar-refractivity contribution >= 4 is 21.6 Å². The molecule has 0 atom stereocenters.